The number of hydrogen-bond donors (Lipinski definition) is 1. The number of halogens is 2. The van der Waals surface area contributed by atoms with Gasteiger partial charge in [0.15, 0.2) is 5.13 Å². The Morgan fingerprint density at radius 3 is 3.05 bits per heavy atom. The van der Waals surface area contributed by atoms with Crippen molar-refractivity contribution in [3.63, 3.8) is 0 Å². The molecule has 1 aromatic heterocycles. The number of aromatic nitrogens is 1. The van der Waals surface area contributed by atoms with Gasteiger partial charge < -0.3 is 10.1 Å². The van der Waals surface area contributed by atoms with E-state index in [1.807, 2.05) is 5.38 Å². The molecule has 0 fully saturated rings. The molecule has 0 aliphatic carbocycles. The van der Waals surface area contributed by atoms with E-state index in [2.05, 4.69) is 31.0 Å². The lowest BCUT2D eigenvalue weighted by Gasteiger charge is -2.04. The Balaban J connectivity index is 2.00. The van der Waals surface area contributed by atoms with E-state index in [0.29, 0.717) is 21.7 Å². The van der Waals surface area contributed by atoms with Crippen LogP contribution >= 0.6 is 27.3 Å². The summed E-state index contributed by atoms with van der Waals surface area (Å²) in [5.74, 6) is -0.628. The van der Waals surface area contributed by atoms with Crippen LogP contribution in [0.15, 0.2) is 28.1 Å². The number of aryl methyl sites for hydroxylation is 1. The number of nitrogens with zero attached hydrogens (tertiary/aromatic N) is 1. The maximum Gasteiger partial charge on any atom is 0.305 e. The highest BCUT2D eigenvalue weighted by atomic mass is 79.9. The summed E-state index contributed by atoms with van der Waals surface area (Å²) in [7, 11) is 1.35. The van der Waals surface area contributed by atoms with E-state index in [4.69, 9.17) is 0 Å². The third-order valence-electron chi connectivity index (χ3n) is 2.54. The fraction of sp³-hybridized carbons (Fsp3) is 0.231. The molecule has 0 aliphatic rings. The minimum Gasteiger partial charge on any atom is -0.469 e. The number of benzene rings is 1. The number of carbonyl (C=O) groups is 1. The van der Waals surface area contributed by atoms with E-state index in [1.165, 1.54) is 24.5 Å². The summed E-state index contributed by atoms with van der Waals surface area (Å²) in [4.78, 5) is 15.3. The molecule has 0 amide bonds. The van der Waals surface area contributed by atoms with E-state index in [1.54, 1.807) is 12.1 Å². The topological polar surface area (TPSA) is 51.2 Å². The van der Waals surface area contributed by atoms with Crippen LogP contribution in [0.3, 0.4) is 0 Å². The molecule has 0 radical (unpaired) electrons. The summed E-state index contributed by atoms with van der Waals surface area (Å²) >= 11 is 4.57. The van der Waals surface area contributed by atoms with E-state index in [9.17, 15) is 9.18 Å². The van der Waals surface area contributed by atoms with Gasteiger partial charge in [0.1, 0.15) is 5.82 Å². The van der Waals surface area contributed by atoms with Crippen LogP contribution in [-0.4, -0.2) is 18.1 Å². The van der Waals surface area contributed by atoms with Crippen molar-refractivity contribution in [2.75, 3.05) is 12.4 Å². The molecular weight excluding hydrogens is 347 g/mol. The zero-order chi connectivity index (χ0) is 14.5. The molecule has 1 aromatic carbocycles. The van der Waals surface area contributed by atoms with Crippen molar-refractivity contribution >= 4 is 44.1 Å². The van der Waals surface area contributed by atoms with Crippen LogP contribution in [0.5, 0.6) is 0 Å². The van der Waals surface area contributed by atoms with Gasteiger partial charge in [0.25, 0.3) is 0 Å². The SMILES string of the molecule is COC(=O)CCc1csc(Nc2ccc(Br)cc2F)n1. The van der Waals surface area contributed by atoms with Crippen LogP contribution < -0.4 is 5.32 Å². The van der Waals surface area contributed by atoms with Crippen LogP contribution in [0.25, 0.3) is 0 Å². The molecule has 1 heterocycles. The van der Waals surface area contributed by atoms with Gasteiger partial charge in [-0.1, -0.05) is 15.9 Å². The van der Waals surface area contributed by atoms with Crippen molar-refractivity contribution in [3.05, 3.63) is 39.6 Å². The van der Waals surface area contributed by atoms with Gasteiger partial charge in [0.05, 0.1) is 24.9 Å². The average Bonchev–Trinajstić information content (AvgIpc) is 2.87. The third kappa shape index (κ3) is 4.01. The van der Waals surface area contributed by atoms with E-state index in [0.717, 1.165) is 5.69 Å². The van der Waals surface area contributed by atoms with Gasteiger partial charge in [-0.3, -0.25) is 4.79 Å². The molecule has 0 aliphatic heterocycles. The first-order valence-electron chi connectivity index (χ1n) is 5.82. The number of methoxy groups -OCH3 is 1. The Labute approximate surface area is 128 Å². The van der Waals surface area contributed by atoms with Crippen molar-refractivity contribution in [1.82, 2.24) is 4.98 Å². The summed E-state index contributed by atoms with van der Waals surface area (Å²) in [6, 6.07) is 4.76. The zero-order valence-corrected chi connectivity index (χ0v) is 13.1. The largest absolute Gasteiger partial charge is 0.469 e. The number of anilines is 2. The van der Waals surface area contributed by atoms with Crippen LogP contribution in [0, 0.1) is 5.82 Å². The monoisotopic (exact) mass is 358 g/mol. The van der Waals surface area contributed by atoms with E-state index in [-0.39, 0.29) is 18.2 Å². The van der Waals surface area contributed by atoms with Crippen molar-refractivity contribution < 1.29 is 13.9 Å². The van der Waals surface area contributed by atoms with Crippen molar-refractivity contribution in [3.8, 4) is 0 Å². The lowest BCUT2D eigenvalue weighted by molar-refractivity contribution is -0.140. The molecule has 2 rings (SSSR count). The Morgan fingerprint density at radius 2 is 2.35 bits per heavy atom. The number of rotatable bonds is 5. The summed E-state index contributed by atoms with van der Waals surface area (Å²) in [5, 5.41) is 5.34. The maximum atomic E-state index is 13.7. The number of carbonyl (C=O) groups excluding carboxylic acids is 1. The number of ether oxygens (including phenoxy) is 1. The standard InChI is InChI=1S/C13H12BrFN2O2S/c1-19-12(18)5-3-9-7-20-13(16-9)17-11-4-2-8(14)6-10(11)15/h2,4,6-7H,3,5H2,1H3,(H,16,17). The minimum absolute atomic E-state index is 0.272. The molecule has 20 heavy (non-hydrogen) atoms. The highest BCUT2D eigenvalue weighted by molar-refractivity contribution is 9.10. The lowest BCUT2D eigenvalue weighted by Crippen LogP contribution is -2.02. The van der Waals surface area contributed by atoms with Crippen LogP contribution in [0.2, 0.25) is 0 Å². The molecule has 0 saturated carbocycles. The lowest BCUT2D eigenvalue weighted by atomic mass is 10.2. The second-order valence-corrected chi connectivity index (χ2v) is 5.74. The second kappa shape index (κ2) is 6.81. The van der Waals surface area contributed by atoms with Gasteiger partial charge in [-0.05, 0) is 18.2 Å². The molecular formula is C13H12BrFN2O2S. The normalized spacial score (nSPS) is 10.3. The quantitative estimate of drug-likeness (QED) is 0.823. The molecule has 0 bridgehead atoms. The number of nitrogens with one attached hydrogen (secondary N) is 1. The fourth-order valence-electron chi connectivity index (χ4n) is 1.52. The van der Waals surface area contributed by atoms with Gasteiger partial charge in [-0.2, -0.15) is 0 Å². The molecule has 106 valence electrons. The van der Waals surface area contributed by atoms with Crippen molar-refractivity contribution in [2.45, 2.75) is 12.8 Å². The second-order valence-electron chi connectivity index (χ2n) is 3.97. The molecule has 0 unspecified atom stereocenters. The number of hydrogen-bond acceptors (Lipinski definition) is 5. The first-order chi connectivity index (χ1) is 9.58. The Bertz CT molecular complexity index is 618. The van der Waals surface area contributed by atoms with Crippen LogP contribution in [-0.2, 0) is 16.0 Å². The van der Waals surface area contributed by atoms with Crippen LogP contribution in [0.4, 0.5) is 15.2 Å². The molecule has 7 heteroatoms. The average molecular weight is 359 g/mol. The Hall–Kier alpha value is -1.47. The molecule has 0 saturated heterocycles. The Morgan fingerprint density at radius 1 is 1.55 bits per heavy atom. The van der Waals surface area contributed by atoms with Gasteiger partial charge >= 0.3 is 5.97 Å². The predicted octanol–water partition coefficient (Wildman–Crippen LogP) is 3.89. The van der Waals surface area contributed by atoms with E-state index < -0.39 is 0 Å². The van der Waals surface area contributed by atoms with Crippen LogP contribution in [0.1, 0.15) is 12.1 Å². The van der Waals surface area contributed by atoms with E-state index >= 15 is 0 Å². The van der Waals surface area contributed by atoms with Gasteiger partial charge in [-0.25, -0.2) is 9.37 Å². The predicted molar refractivity (Wildman–Crippen MR) is 79.8 cm³/mol. The highest BCUT2D eigenvalue weighted by Gasteiger charge is 2.08. The van der Waals surface area contributed by atoms with Gasteiger partial charge in [-0.15, -0.1) is 11.3 Å². The molecule has 1 N–H and O–H groups in total. The third-order valence-corrected chi connectivity index (χ3v) is 3.84. The number of esters is 1. The molecule has 4 nitrogen and oxygen atoms in total. The van der Waals surface area contributed by atoms with Gasteiger partial charge in [0.2, 0.25) is 0 Å². The molecule has 0 atom stereocenters. The van der Waals surface area contributed by atoms with Crippen molar-refractivity contribution in [1.29, 1.82) is 0 Å². The smallest absolute Gasteiger partial charge is 0.305 e. The summed E-state index contributed by atoms with van der Waals surface area (Å²) < 4.78 is 18.9. The summed E-state index contributed by atoms with van der Waals surface area (Å²) in [6.45, 7) is 0. The first-order valence-corrected chi connectivity index (χ1v) is 7.49. The summed E-state index contributed by atoms with van der Waals surface area (Å²) in [5.41, 5.74) is 1.14. The summed E-state index contributed by atoms with van der Waals surface area (Å²) in [6.07, 6.45) is 0.792. The fourth-order valence-corrected chi connectivity index (χ4v) is 2.61. The Kier molecular flexibility index (Phi) is 5.08. The minimum atomic E-state index is -0.356. The molecule has 2 aromatic rings. The first kappa shape index (κ1) is 14.9. The van der Waals surface area contributed by atoms with Gasteiger partial charge in [0, 0.05) is 16.3 Å². The maximum absolute atomic E-state index is 13.7. The highest BCUT2D eigenvalue weighted by Crippen LogP contribution is 2.25. The zero-order valence-electron chi connectivity index (χ0n) is 10.7. The van der Waals surface area contributed by atoms with Crippen molar-refractivity contribution in [2.24, 2.45) is 0 Å². The molecule has 0 spiro atoms. The number of thiazole rings is 1.